The van der Waals surface area contributed by atoms with Crippen molar-refractivity contribution in [3.63, 3.8) is 0 Å². The fourth-order valence-corrected chi connectivity index (χ4v) is 1.41. The van der Waals surface area contributed by atoms with E-state index in [0.717, 1.165) is 19.4 Å². The van der Waals surface area contributed by atoms with E-state index in [1.165, 1.54) is 5.56 Å². The number of aryl methyl sites for hydroxylation is 1. The Morgan fingerprint density at radius 3 is 2.62 bits per heavy atom. The monoisotopic (exact) mass is 218 g/mol. The lowest BCUT2D eigenvalue weighted by Gasteiger charge is -1.99. The fraction of sp³-hybridized carbons (Fsp3) is 0.643. The minimum Gasteiger partial charge on any atom is -0.272 e. The molecule has 0 saturated carbocycles. The van der Waals surface area contributed by atoms with Gasteiger partial charge in [-0.2, -0.15) is 5.10 Å². The molecule has 0 aliphatic rings. The van der Waals surface area contributed by atoms with Crippen molar-refractivity contribution in [3.05, 3.63) is 18.0 Å². The Bertz CT molecular complexity index is 364. The Balaban J connectivity index is 2.30. The van der Waals surface area contributed by atoms with Crippen LogP contribution in [0.3, 0.4) is 0 Å². The molecule has 0 saturated heterocycles. The normalized spacial score (nSPS) is 10.6. The maximum absolute atomic E-state index is 4.34. The van der Waals surface area contributed by atoms with E-state index in [1.54, 1.807) is 0 Å². The number of nitrogens with zero attached hydrogens (tertiary/aromatic N) is 2. The summed E-state index contributed by atoms with van der Waals surface area (Å²) in [6.45, 7) is 9.59. The summed E-state index contributed by atoms with van der Waals surface area (Å²) < 4.78 is 2.02. The zero-order valence-corrected chi connectivity index (χ0v) is 10.8. The van der Waals surface area contributed by atoms with Crippen LogP contribution in [0.4, 0.5) is 0 Å². The molecule has 2 nitrogen and oxygen atoms in total. The fourth-order valence-electron chi connectivity index (χ4n) is 1.41. The van der Waals surface area contributed by atoms with E-state index in [2.05, 4.69) is 50.8 Å². The molecule has 1 aromatic rings. The highest BCUT2D eigenvalue weighted by molar-refractivity contribution is 5.08. The molecule has 0 spiro atoms. The summed E-state index contributed by atoms with van der Waals surface area (Å²) in [5.74, 6) is 7.42. The topological polar surface area (TPSA) is 17.8 Å². The summed E-state index contributed by atoms with van der Waals surface area (Å²) in [4.78, 5) is 0. The first kappa shape index (κ1) is 12.8. The first-order valence-electron chi connectivity index (χ1n) is 6.10. The smallest absolute Gasteiger partial charge is 0.0524 e. The van der Waals surface area contributed by atoms with Gasteiger partial charge in [-0.3, -0.25) is 4.68 Å². The molecule has 0 aromatic carbocycles. The first-order valence-corrected chi connectivity index (χ1v) is 6.10. The molecule has 0 aliphatic carbocycles. The molecule has 0 unspecified atom stereocenters. The molecule has 0 atom stereocenters. The SMILES string of the molecule is CC(C)C#CCCCn1cc(C(C)C)cn1. The molecule has 0 amide bonds. The van der Waals surface area contributed by atoms with Gasteiger partial charge in [0.1, 0.15) is 0 Å². The van der Waals surface area contributed by atoms with Crippen LogP contribution < -0.4 is 0 Å². The van der Waals surface area contributed by atoms with Crippen molar-refractivity contribution in [2.45, 2.75) is 53.0 Å². The van der Waals surface area contributed by atoms with Gasteiger partial charge in [-0.1, -0.05) is 27.7 Å². The summed E-state index contributed by atoms with van der Waals surface area (Å²) in [7, 11) is 0. The number of unbranched alkanes of at least 4 members (excludes halogenated alkanes) is 1. The lowest BCUT2D eigenvalue weighted by Crippen LogP contribution is -1.97. The van der Waals surface area contributed by atoms with Crippen LogP contribution in [0.15, 0.2) is 12.4 Å². The summed E-state index contributed by atoms with van der Waals surface area (Å²) in [6.07, 6.45) is 6.15. The molecule has 0 N–H and O–H groups in total. The van der Waals surface area contributed by atoms with Gasteiger partial charge in [-0.25, -0.2) is 0 Å². The third kappa shape index (κ3) is 4.53. The zero-order valence-electron chi connectivity index (χ0n) is 10.8. The van der Waals surface area contributed by atoms with E-state index in [4.69, 9.17) is 0 Å². The largest absolute Gasteiger partial charge is 0.272 e. The second kappa shape index (κ2) is 6.37. The van der Waals surface area contributed by atoms with Gasteiger partial charge >= 0.3 is 0 Å². The predicted molar refractivity (Wildman–Crippen MR) is 68.2 cm³/mol. The van der Waals surface area contributed by atoms with Crippen LogP contribution in [0.2, 0.25) is 0 Å². The van der Waals surface area contributed by atoms with Gasteiger partial charge in [-0.15, -0.1) is 11.8 Å². The second-order valence-electron chi connectivity index (χ2n) is 4.77. The van der Waals surface area contributed by atoms with E-state index in [1.807, 2.05) is 10.9 Å². The highest BCUT2D eigenvalue weighted by atomic mass is 15.3. The number of hydrogen-bond donors (Lipinski definition) is 0. The maximum atomic E-state index is 4.34. The predicted octanol–water partition coefficient (Wildman–Crippen LogP) is 3.45. The summed E-state index contributed by atoms with van der Waals surface area (Å²) in [6, 6.07) is 0. The Morgan fingerprint density at radius 1 is 1.31 bits per heavy atom. The first-order chi connectivity index (χ1) is 7.59. The molecule has 1 rings (SSSR count). The van der Waals surface area contributed by atoms with Crippen LogP contribution in [0.1, 0.15) is 52.0 Å². The van der Waals surface area contributed by atoms with E-state index >= 15 is 0 Å². The van der Waals surface area contributed by atoms with Crippen molar-refractivity contribution in [1.82, 2.24) is 9.78 Å². The van der Waals surface area contributed by atoms with Crippen molar-refractivity contribution in [1.29, 1.82) is 0 Å². The van der Waals surface area contributed by atoms with Crippen LogP contribution in [0.25, 0.3) is 0 Å². The molecule has 1 aromatic heterocycles. The average molecular weight is 218 g/mol. The molecule has 0 fully saturated rings. The summed E-state index contributed by atoms with van der Waals surface area (Å²) in [5, 5.41) is 4.34. The minimum atomic E-state index is 0.484. The van der Waals surface area contributed by atoms with Gasteiger partial charge in [0.15, 0.2) is 0 Å². The molecule has 88 valence electrons. The van der Waals surface area contributed by atoms with Crippen LogP contribution in [0.5, 0.6) is 0 Å². The number of rotatable bonds is 4. The van der Waals surface area contributed by atoms with E-state index in [0.29, 0.717) is 11.8 Å². The quantitative estimate of drug-likeness (QED) is 0.559. The number of aromatic nitrogens is 2. The zero-order chi connectivity index (χ0) is 12.0. The van der Waals surface area contributed by atoms with E-state index in [-0.39, 0.29) is 0 Å². The van der Waals surface area contributed by atoms with Gasteiger partial charge in [0, 0.05) is 25.1 Å². The Labute approximate surface area is 99.1 Å². The van der Waals surface area contributed by atoms with Crippen molar-refractivity contribution in [2.75, 3.05) is 0 Å². The molecular weight excluding hydrogens is 196 g/mol. The lowest BCUT2D eigenvalue weighted by atomic mass is 10.1. The van der Waals surface area contributed by atoms with Gasteiger partial charge < -0.3 is 0 Å². The van der Waals surface area contributed by atoms with Crippen molar-refractivity contribution in [3.8, 4) is 11.8 Å². The Kier molecular flexibility index (Phi) is 5.11. The van der Waals surface area contributed by atoms with E-state index < -0.39 is 0 Å². The molecule has 0 aliphatic heterocycles. The number of hydrogen-bond acceptors (Lipinski definition) is 1. The van der Waals surface area contributed by atoms with Gasteiger partial charge in [-0.05, 0) is 17.9 Å². The van der Waals surface area contributed by atoms with Gasteiger partial charge in [0.05, 0.1) is 6.20 Å². The summed E-state index contributed by atoms with van der Waals surface area (Å²) in [5.41, 5.74) is 1.31. The van der Waals surface area contributed by atoms with Gasteiger partial charge in [0.25, 0.3) is 0 Å². The van der Waals surface area contributed by atoms with Gasteiger partial charge in [0.2, 0.25) is 0 Å². The molecular formula is C14H22N2. The third-order valence-electron chi connectivity index (χ3n) is 2.40. The molecule has 0 radical (unpaired) electrons. The minimum absolute atomic E-state index is 0.484. The highest BCUT2D eigenvalue weighted by Crippen LogP contribution is 2.12. The Hall–Kier alpha value is -1.23. The van der Waals surface area contributed by atoms with Crippen molar-refractivity contribution in [2.24, 2.45) is 5.92 Å². The average Bonchev–Trinajstić information content (AvgIpc) is 2.65. The van der Waals surface area contributed by atoms with Crippen LogP contribution in [-0.4, -0.2) is 9.78 Å². The maximum Gasteiger partial charge on any atom is 0.0524 e. The third-order valence-corrected chi connectivity index (χ3v) is 2.40. The Morgan fingerprint density at radius 2 is 2.06 bits per heavy atom. The van der Waals surface area contributed by atoms with Crippen molar-refractivity contribution >= 4 is 0 Å². The lowest BCUT2D eigenvalue weighted by molar-refractivity contribution is 0.586. The second-order valence-corrected chi connectivity index (χ2v) is 4.77. The molecule has 1 heterocycles. The highest BCUT2D eigenvalue weighted by Gasteiger charge is 2.01. The molecule has 2 heteroatoms. The summed E-state index contributed by atoms with van der Waals surface area (Å²) >= 11 is 0. The van der Waals surface area contributed by atoms with Crippen molar-refractivity contribution < 1.29 is 0 Å². The molecule has 16 heavy (non-hydrogen) atoms. The molecule has 0 bridgehead atoms. The standard InChI is InChI=1S/C14H22N2/c1-12(2)8-6-5-7-9-16-11-14(10-15-16)13(3)4/h10-13H,5,7,9H2,1-4H3. The van der Waals surface area contributed by atoms with Crippen LogP contribution in [-0.2, 0) is 6.54 Å². The van der Waals surface area contributed by atoms with Crippen LogP contribution >= 0.6 is 0 Å². The van der Waals surface area contributed by atoms with Crippen LogP contribution in [0, 0.1) is 17.8 Å². The van der Waals surface area contributed by atoms with E-state index in [9.17, 15) is 0 Å².